The topological polar surface area (TPSA) is 52.6 Å². The minimum atomic E-state index is 0.0158. The summed E-state index contributed by atoms with van der Waals surface area (Å²) in [6.07, 6.45) is 3.40. The number of rotatable bonds is 3. The molecule has 0 aromatic heterocycles. The molecule has 24 heavy (non-hydrogen) atoms. The van der Waals surface area contributed by atoms with Gasteiger partial charge in [0.1, 0.15) is 0 Å². The zero-order chi connectivity index (χ0) is 17.1. The molecule has 2 aliphatic rings. The molecule has 1 atom stereocenters. The van der Waals surface area contributed by atoms with Crippen molar-refractivity contribution in [3.63, 3.8) is 0 Å². The van der Waals surface area contributed by atoms with E-state index in [0.717, 1.165) is 38.9 Å². The summed E-state index contributed by atoms with van der Waals surface area (Å²) >= 11 is 6.13. The summed E-state index contributed by atoms with van der Waals surface area (Å²) in [7, 11) is 1.86. The van der Waals surface area contributed by atoms with Crippen LogP contribution in [0.15, 0.2) is 24.3 Å². The molecule has 0 aliphatic carbocycles. The van der Waals surface area contributed by atoms with Gasteiger partial charge in [-0.2, -0.15) is 0 Å². The van der Waals surface area contributed by atoms with E-state index in [4.69, 9.17) is 11.6 Å². The molecule has 0 spiro atoms. The fourth-order valence-electron chi connectivity index (χ4n) is 3.54. The fraction of sp³-hybridized carbons (Fsp3) is 0.556. The van der Waals surface area contributed by atoms with Crippen molar-refractivity contribution in [2.45, 2.75) is 37.8 Å². The molecule has 2 fully saturated rings. The quantitative estimate of drug-likeness (QED) is 0.909. The lowest BCUT2D eigenvalue weighted by atomic mass is 9.99. The van der Waals surface area contributed by atoms with E-state index in [-0.39, 0.29) is 11.8 Å². The standard InChI is InChI=1S/C18H24ClN3O2/c1-21-12-14(6-7-17(21)23)20-13-8-10-22(11-9-13)18(24)15-4-2-3-5-16(15)19/h2-5,13-14,20H,6-12H2,1H3/t14-/m1/s1. The summed E-state index contributed by atoms with van der Waals surface area (Å²) in [6.45, 7) is 2.25. The number of nitrogens with one attached hydrogen (secondary N) is 1. The van der Waals surface area contributed by atoms with Gasteiger partial charge in [0.2, 0.25) is 5.91 Å². The number of likely N-dealkylation sites (tertiary alicyclic amines) is 2. The lowest BCUT2D eigenvalue weighted by molar-refractivity contribution is -0.132. The Balaban J connectivity index is 1.50. The number of amides is 2. The van der Waals surface area contributed by atoms with E-state index in [1.54, 1.807) is 17.0 Å². The summed E-state index contributed by atoms with van der Waals surface area (Å²) in [5, 5.41) is 4.17. The molecule has 1 aromatic rings. The molecule has 0 radical (unpaired) electrons. The first-order valence-electron chi connectivity index (χ1n) is 8.58. The molecule has 2 amide bonds. The lowest BCUT2D eigenvalue weighted by Gasteiger charge is -2.37. The number of piperidine rings is 2. The Kier molecular flexibility index (Phi) is 5.41. The smallest absolute Gasteiger partial charge is 0.255 e. The molecule has 2 saturated heterocycles. The van der Waals surface area contributed by atoms with Crippen molar-refractivity contribution in [1.82, 2.24) is 15.1 Å². The molecular weight excluding hydrogens is 326 g/mol. The number of hydrogen-bond donors (Lipinski definition) is 1. The normalized spacial score (nSPS) is 22.8. The average Bonchev–Trinajstić information content (AvgIpc) is 2.59. The first-order chi connectivity index (χ1) is 11.5. The van der Waals surface area contributed by atoms with E-state index in [2.05, 4.69) is 5.32 Å². The van der Waals surface area contributed by atoms with Crippen LogP contribution in [0, 0.1) is 0 Å². The highest BCUT2D eigenvalue weighted by molar-refractivity contribution is 6.33. The largest absolute Gasteiger partial charge is 0.344 e. The third kappa shape index (κ3) is 3.90. The van der Waals surface area contributed by atoms with Gasteiger partial charge in [0.15, 0.2) is 0 Å². The summed E-state index contributed by atoms with van der Waals surface area (Å²) in [6, 6.07) is 7.99. The second kappa shape index (κ2) is 7.53. The molecule has 0 unspecified atom stereocenters. The molecule has 6 heteroatoms. The van der Waals surface area contributed by atoms with Crippen molar-refractivity contribution in [3.8, 4) is 0 Å². The van der Waals surface area contributed by atoms with Crippen LogP contribution in [0.4, 0.5) is 0 Å². The summed E-state index contributed by atoms with van der Waals surface area (Å²) < 4.78 is 0. The van der Waals surface area contributed by atoms with Crippen LogP contribution in [-0.4, -0.2) is 60.4 Å². The van der Waals surface area contributed by atoms with E-state index in [1.165, 1.54) is 0 Å². The van der Waals surface area contributed by atoms with Crippen molar-refractivity contribution in [1.29, 1.82) is 0 Å². The van der Waals surface area contributed by atoms with Crippen LogP contribution in [0.25, 0.3) is 0 Å². The van der Waals surface area contributed by atoms with Crippen LogP contribution >= 0.6 is 11.6 Å². The molecule has 1 N–H and O–H groups in total. The Morgan fingerprint density at radius 3 is 2.54 bits per heavy atom. The predicted octanol–water partition coefficient (Wildman–Crippen LogP) is 2.15. The van der Waals surface area contributed by atoms with E-state index in [9.17, 15) is 9.59 Å². The highest BCUT2D eigenvalue weighted by Crippen LogP contribution is 2.21. The fourth-order valence-corrected chi connectivity index (χ4v) is 3.75. The maximum atomic E-state index is 12.6. The van der Waals surface area contributed by atoms with E-state index >= 15 is 0 Å². The molecular formula is C18H24ClN3O2. The summed E-state index contributed by atoms with van der Waals surface area (Å²) in [5.41, 5.74) is 0.581. The third-order valence-corrected chi connectivity index (χ3v) is 5.31. The molecule has 2 heterocycles. The Bertz CT molecular complexity index is 614. The van der Waals surface area contributed by atoms with Crippen LogP contribution in [0.2, 0.25) is 5.02 Å². The van der Waals surface area contributed by atoms with Crippen LogP contribution < -0.4 is 5.32 Å². The van der Waals surface area contributed by atoms with Gasteiger partial charge < -0.3 is 15.1 Å². The number of nitrogens with zero attached hydrogens (tertiary/aromatic N) is 2. The second-order valence-electron chi connectivity index (χ2n) is 6.72. The van der Waals surface area contributed by atoms with Crippen molar-refractivity contribution < 1.29 is 9.59 Å². The molecule has 0 saturated carbocycles. The van der Waals surface area contributed by atoms with Crippen molar-refractivity contribution in [2.24, 2.45) is 0 Å². The van der Waals surface area contributed by atoms with Gasteiger partial charge in [0.25, 0.3) is 5.91 Å². The molecule has 3 rings (SSSR count). The van der Waals surface area contributed by atoms with Crippen molar-refractivity contribution >= 4 is 23.4 Å². The average molecular weight is 350 g/mol. The minimum absolute atomic E-state index is 0.0158. The monoisotopic (exact) mass is 349 g/mol. The maximum Gasteiger partial charge on any atom is 0.255 e. The van der Waals surface area contributed by atoms with Crippen LogP contribution in [-0.2, 0) is 4.79 Å². The zero-order valence-corrected chi connectivity index (χ0v) is 14.8. The zero-order valence-electron chi connectivity index (χ0n) is 14.0. The minimum Gasteiger partial charge on any atom is -0.344 e. The Morgan fingerprint density at radius 1 is 1.17 bits per heavy atom. The maximum absolute atomic E-state index is 12.6. The van der Waals surface area contributed by atoms with Crippen LogP contribution in [0.5, 0.6) is 0 Å². The highest BCUT2D eigenvalue weighted by atomic mass is 35.5. The van der Waals surface area contributed by atoms with Crippen LogP contribution in [0.1, 0.15) is 36.0 Å². The molecule has 0 bridgehead atoms. The third-order valence-electron chi connectivity index (χ3n) is 4.98. The van der Waals surface area contributed by atoms with Gasteiger partial charge >= 0.3 is 0 Å². The van der Waals surface area contributed by atoms with E-state index in [0.29, 0.717) is 29.1 Å². The Labute approximate surface area is 147 Å². The first kappa shape index (κ1) is 17.2. The molecule has 2 aliphatic heterocycles. The number of hydrogen-bond acceptors (Lipinski definition) is 3. The Hall–Kier alpha value is -1.59. The number of carbonyl (C=O) groups is 2. The van der Waals surface area contributed by atoms with Gasteiger partial charge in [0.05, 0.1) is 10.6 Å². The number of carbonyl (C=O) groups excluding carboxylic acids is 2. The summed E-state index contributed by atoms with van der Waals surface area (Å²) in [5.74, 6) is 0.246. The number of halogens is 1. The number of likely N-dealkylation sites (N-methyl/N-ethyl adjacent to an activating group) is 1. The van der Waals surface area contributed by atoms with Gasteiger partial charge in [-0.15, -0.1) is 0 Å². The van der Waals surface area contributed by atoms with Gasteiger partial charge in [-0.1, -0.05) is 23.7 Å². The molecule has 1 aromatic carbocycles. The van der Waals surface area contributed by atoms with Gasteiger partial charge in [-0.05, 0) is 31.4 Å². The Morgan fingerprint density at radius 2 is 1.88 bits per heavy atom. The lowest BCUT2D eigenvalue weighted by Crippen LogP contribution is -2.53. The molecule has 5 nitrogen and oxygen atoms in total. The predicted molar refractivity (Wildman–Crippen MR) is 94.2 cm³/mol. The number of benzene rings is 1. The van der Waals surface area contributed by atoms with E-state index < -0.39 is 0 Å². The van der Waals surface area contributed by atoms with E-state index in [1.807, 2.05) is 24.1 Å². The highest BCUT2D eigenvalue weighted by Gasteiger charge is 2.28. The molecule has 130 valence electrons. The van der Waals surface area contributed by atoms with Crippen molar-refractivity contribution in [2.75, 3.05) is 26.7 Å². The second-order valence-corrected chi connectivity index (χ2v) is 7.13. The van der Waals surface area contributed by atoms with Gasteiger partial charge in [0, 0.05) is 45.2 Å². The summed E-state index contributed by atoms with van der Waals surface area (Å²) in [4.78, 5) is 27.8. The first-order valence-corrected chi connectivity index (χ1v) is 8.96. The van der Waals surface area contributed by atoms with Crippen molar-refractivity contribution in [3.05, 3.63) is 34.9 Å². The van der Waals surface area contributed by atoms with Gasteiger partial charge in [-0.3, -0.25) is 9.59 Å². The SMILES string of the molecule is CN1C[C@H](NC2CCN(C(=O)c3ccccc3Cl)CC2)CCC1=O. The van der Waals surface area contributed by atoms with Crippen LogP contribution in [0.3, 0.4) is 0 Å². The van der Waals surface area contributed by atoms with Gasteiger partial charge in [-0.25, -0.2) is 0 Å².